The summed E-state index contributed by atoms with van der Waals surface area (Å²) >= 11 is 0. The molecule has 0 spiro atoms. The number of hydrogen-bond acceptors (Lipinski definition) is 5. The van der Waals surface area contributed by atoms with Gasteiger partial charge in [-0.1, -0.05) is 12.1 Å². The molecule has 6 nitrogen and oxygen atoms in total. The van der Waals surface area contributed by atoms with Crippen molar-refractivity contribution in [2.24, 2.45) is 0 Å². The Morgan fingerprint density at radius 1 is 1.11 bits per heavy atom. The van der Waals surface area contributed by atoms with Crippen molar-refractivity contribution in [2.75, 3.05) is 16.3 Å². The Hall–Kier alpha value is -2.15. The van der Waals surface area contributed by atoms with E-state index >= 15 is 0 Å². The summed E-state index contributed by atoms with van der Waals surface area (Å²) in [6.07, 6.45) is 4.44. The minimum Gasteiger partial charge on any atom is -0.350 e. The number of sulfonamides is 1. The van der Waals surface area contributed by atoms with Crippen molar-refractivity contribution in [3.63, 3.8) is 0 Å². The molecule has 1 aromatic heterocycles. The Kier molecular flexibility index (Phi) is 3.96. The molecule has 0 bridgehead atoms. The summed E-state index contributed by atoms with van der Waals surface area (Å²) in [5, 5.41) is 3.07. The molecule has 0 radical (unpaired) electrons. The molecule has 0 unspecified atom stereocenters. The van der Waals surface area contributed by atoms with Gasteiger partial charge in [0.2, 0.25) is 16.0 Å². The van der Waals surface area contributed by atoms with Crippen LogP contribution in [0.3, 0.4) is 0 Å². The van der Waals surface area contributed by atoms with Crippen molar-refractivity contribution >= 4 is 21.7 Å². The van der Waals surface area contributed by atoms with E-state index in [9.17, 15) is 8.42 Å². The second-order valence-corrected chi connectivity index (χ2v) is 5.75. The van der Waals surface area contributed by atoms with Crippen LogP contribution in [0.2, 0.25) is 0 Å². The van der Waals surface area contributed by atoms with Gasteiger partial charge in [-0.2, -0.15) is 0 Å². The van der Waals surface area contributed by atoms with Gasteiger partial charge in [0.15, 0.2) is 0 Å². The Morgan fingerprint density at radius 2 is 1.74 bits per heavy atom. The number of rotatable bonds is 5. The van der Waals surface area contributed by atoms with E-state index in [1.807, 2.05) is 12.1 Å². The van der Waals surface area contributed by atoms with Gasteiger partial charge in [-0.25, -0.2) is 18.4 Å². The summed E-state index contributed by atoms with van der Waals surface area (Å²) in [6, 6.07) is 8.84. The molecule has 0 aliphatic heterocycles. The number of nitrogens with one attached hydrogen (secondary N) is 2. The molecule has 100 valence electrons. The van der Waals surface area contributed by atoms with Gasteiger partial charge in [-0.15, -0.1) is 0 Å². The van der Waals surface area contributed by atoms with Crippen LogP contribution < -0.4 is 10.0 Å². The highest BCUT2D eigenvalue weighted by Crippen LogP contribution is 2.11. The fourth-order valence-electron chi connectivity index (χ4n) is 1.48. The van der Waals surface area contributed by atoms with Crippen LogP contribution >= 0.6 is 0 Å². The van der Waals surface area contributed by atoms with Crippen LogP contribution in [0, 0.1) is 0 Å². The summed E-state index contributed by atoms with van der Waals surface area (Å²) in [5.41, 5.74) is 1.55. The van der Waals surface area contributed by atoms with Gasteiger partial charge in [-0.05, 0) is 23.8 Å². The van der Waals surface area contributed by atoms with Crippen LogP contribution in [0.15, 0.2) is 42.7 Å². The van der Waals surface area contributed by atoms with Crippen LogP contribution in [0.25, 0.3) is 0 Å². The van der Waals surface area contributed by atoms with Crippen LogP contribution in [-0.2, 0) is 16.6 Å². The third-order valence-electron chi connectivity index (χ3n) is 2.27. The molecule has 2 rings (SSSR count). The lowest BCUT2D eigenvalue weighted by Crippen LogP contribution is -2.09. The van der Waals surface area contributed by atoms with Crippen molar-refractivity contribution in [3.05, 3.63) is 48.3 Å². The first kappa shape index (κ1) is 13.3. The molecule has 0 fully saturated rings. The number of hydrogen-bond donors (Lipinski definition) is 2. The molecule has 0 saturated heterocycles. The Balaban J connectivity index is 1.96. The number of benzene rings is 1. The second-order valence-electron chi connectivity index (χ2n) is 4.00. The maximum Gasteiger partial charge on any atom is 0.229 e. The van der Waals surface area contributed by atoms with Crippen molar-refractivity contribution in [3.8, 4) is 0 Å². The lowest BCUT2D eigenvalue weighted by atomic mass is 10.2. The van der Waals surface area contributed by atoms with Gasteiger partial charge in [0.25, 0.3) is 0 Å². The lowest BCUT2D eigenvalue weighted by molar-refractivity contribution is 0.607. The van der Waals surface area contributed by atoms with Crippen molar-refractivity contribution < 1.29 is 8.42 Å². The molecular formula is C12H14N4O2S. The van der Waals surface area contributed by atoms with E-state index < -0.39 is 10.0 Å². The van der Waals surface area contributed by atoms with E-state index in [2.05, 4.69) is 20.0 Å². The molecule has 2 N–H and O–H groups in total. The normalized spacial score (nSPS) is 11.0. The Bertz CT molecular complexity index is 627. The average Bonchev–Trinajstić information content (AvgIpc) is 2.37. The standard InChI is InChI=1S/C12H14N4O2S/c1-19(17,18)16-11-5-3-10(4-6-11)9-15-12-13-7-2-8-14-12/h2-8,16H,9H2,1H3,(H,13,14,15). The largest absolute Gasteiger partial charge is 0.350 e. The molecule has 0 aliphatic rings. The highest BCUT2D eigenvalue weighted by Gasteiger charge is 2.01. The minimum atomic E-state index is -3.23. The maximum absolute atomic E-state index is 11.1. The van der Waals surface area contributed by atoms with Crippen molar-refractivity contribution in [1.29, 1.82) is 0 Å². The number of aromatic nitrogens is 2. The maximum atomic E-state index is 11.1. The molecular weight excluding hydrogens is 264 g/mol. The van der Waals surface area contributed by atoms with E-state index in [0.29, 0.717) is 18.2 Å². The quantitative estimate of drug-likeness (QED) is 0.865. The molecule has 1 heterocycles. The first-order valence-electron chi connectivity index (χ1n) is 5.60. The van der Waals surface area contributed by atoms with E-state index in [4.69, 9.17) is 0 Å². The van der Waals surface area contributed by atoms with Crippen molar-refractivity contribution in [2.45, 2.75) is 6.54 Å². The van der Waals surface area contributed by atoms with E-state index in [1.165, 1.54) is 0 Å². The molecule has 1 aromatic carbocycles. The first-order chi connectivity index (χ1) is 9.03. The summed E-state index contributed by atoms with van der Waals surface area (Å²) in [7, 11) is -3.23. The highest BCUT2D eigenvalue weighted by molar-refractivity contribution is 7.92. The zero-order valence-electron chi connectivity index (χ0n) is 10.4. The predicted octanol–water partition coefficient (Wildman–Crippen LogP) is 1.46. The summed E-state index contributed by atoms with van der Waals surface area (Å²) in [5.74, 6) is 0.556. The van der Waals surface area contributed by atoms with Crippen LogP contribution in [0.4, 0.5) is 11.6 Å². The van der Waals surface area contributed by atoms with Crippen molar-refractivity contribution in [1.82, 2.24) is 9.97 Å². The van der Waals surface area contributed by atoms with E-state index in [0.717, 1.165) is 11.8 Å². The fraction of sp³-hybridized carbons (Fsp3) is 0.167. The van der Waals surface area contributed by atoms with Crippen LogP contribution in [-0.4, -0.2) is 24.6 Å². The summed E-state index contributed by atoms with van der Waals surface area (Å²) in [4.78, 5) is 8.09. The smallest absolute Gasteiger partial charge is 0.229 e. The van der Waals surface area contributed by atoms with Gasteiger partial charge < -0.3 is 5.32 Å². The zero-order chi connectivity index (χ0) is 13.7. The SMILES string of the molecule is CS(=O)(=O)Nc1ccc(CNc2ncccn2)cc1. The van der Waals surface area contributed by atoms with Gasteiger partial charge in [0.1, 0.15) is 0 Å². The summed E-state index contributed by atoms with van der Waals surface area (Å²) < 4.78 is 24.5. The van der Waals surface area contributed by atoms with Gasteiger partial charge in [0.05, 0.1) is 6.26 Å². The lowest BCUT2D eigenvalue weighted by Gasteiger charge is -2.06. The molecule has 0 aliphatic carbocycles. The van der Waals surface area contributed by atoms with E-state index in [1.54, 1.807) is 30.6 Å². The molecule has 2 aromatic rings. The molecule has 7 heteroatoms. The Labute approximate surface area is 112 Å². The van der Waals surface area contributed by atoms with Gasteiger partial charge in [0, 0.05) is 24.6 Å². The average molecular weight is 278 g/mol. The van der Waals surface area contributed by atoms with E-state index in [-0.39, 0.29) is 0 Å². The topological polar surface area (TPSA) is 84.0 Å². The van der Waals surface area contributed by atoms with Crippen LogP contribution in [0.5, 0.6) is 0 Å². The zero-order valence-corrected chi connectivity index (χ0v) is 11.2. The predicted molar refractivity (Wildman–Crippen MR) is 74.3 cm³/mol. The minimum absolute atomic E-state index is 0.544. The number of nitrogens with zero attached hydrogens (tertiary/aromatic N) is 2. The third kappa shape index (κ3) is 4.55. The molecule has 0 saturated carbocycles. The first-order valence-corrected chi connectivity index (χ1v) is 7.50. The molecule has 0 atom stereocenters. The number of anilines is 2. The highest BCUT2D eigenvalue weighted by atomic mass is 32.2. The summed E-state index contributed by atoms with van der Waals surface area (Å²) in [6.45, 7) is 0.573. The molecule has 19 heavy (non-hydrogen) atoms. The Morgan fingerprint density at radius 3 is 2.32 bits per heavy atom. The van der Waals surface area contributed by atoms with Gasteiger partial charge >= 0.3 is 0 Å². The third-order valence-corrected chi connectivity index (χ3v) is 2.88. The monoisotopic (exact) mass is 278 g/mol. The molecule has 0 amide bonds. The fourth-order valence-corrected chi connectivity index (χ4v) is 2.04. The van der Waals surface area contributed by atoms with Crippen LogP contribution in [0.1, 0.15) is 5.56 Å². The second kappa shape index (κ2) is 5.66. The van der Waals surface area contributed by atoms with Gasteiger partial charge in [-0.3, -0.25) is 4.72 Å².